The topological polar surface area (TPSA) is 140 Å². The van der Waals surface area contributed by atoms with E-state index in [0.29, 0.717) is 52.1 Å². The Hall–Kier alpha value is -2.84. The number of aromatic nitrogens is 2. The van der Waals surface area contributed by atoms with E-state index >= 15 is 0 Å². The van der Waals surface area contributed by atoms with Gasteiger partial charge in [-0.1, -0.05) is 32.6 Å². The number of likely N-dealkylation sites (tertiary alicyclic amines) is 1. The largest absolute Gasteiger partial charge is 0.390 e. The SMILES string of the molecule is CCCCN1C(=O)[C@@H]([C@H](O)C2CCCCC2)NC(=O)C12CCN(Cc1c(C)nn(-c3ccc(S(=O)(=O)NCCN(C)C)cc3)c1C)CC2. The van der Waals surface area contributed by atoms with Gasteiger partial charge in [0.2, 0.25) is 21.8 Å². The summed E-state index contributed by atoms with van der Waals surface area (Å²) in [5, 5.41) is 19.1. The van der Waals surface area contributed by atoms with Crippen molar-refractivity contribution in [3.63, 3.8) is 0 Å². The second-order valence-corrected chi connectivity index (χ2v) is 16.0. The van der Waals surface area contributed by atoms with E-state index in [1.807, 2.05) is 42.4 Å². The number of hydrogen-bond donors (Lipinski definition) is 3. The molecule has 13 heteroatoms. The molecule has 3 N–H and O–H groups in total. The van der Waals surface area contributed by atoms with Gasteiger partial charge in [-0.3, -0.25) is 14.5 Å². The summed E-state index contributed by atoms with van der Waals surface area (Å²) in [6.45, 7) is 9.50. The Kier molecular flexibility index (Phi) is 11.7. The highest BCUT2D eigenvalue weighted by Gasteiger charge is 2.55. The smallest absolute Gasteiger partial charge is 0.248 e. The zero-order valence-electron chi connectivity index (χ0n) is 29.4. The van der Waals surface area contributed by atoms with Crippen molar-refractivity contribution in [2.45, 2.75) is 108 Å². The number of likely N-dealkylation sites (N-methyl/N-ethyl adjacent to an activating group) is 1. The number of aliphatic hydroxyl groups is 1. The minimum Gasteiger partial charge on any atom is -0.390 e. The molecule has 1 aliphatic carbocycles. The predicted octanol–water partition coefficient (Wildman–Crippen LogP) is 2.73. The van der Waals surface area contributed by atoms with Crippen LogP contribution in [0.1, 0.15) is 81.7 Å². The molecule has 48 heavy (non-hydrogen) atoms. The standard InChI is InChI=1S/C35H55N7O5S/c1-6-7-20-41-33(44)31(32(43)27-11-9-8-10-12-27)37-34(45)35(41)17-21-40(22-18-35)24-30-25(2)38-42(26(30)3)28-13-15-29(16-14-28)48(46,47)36-19-23-39(4)5/h13-16,27,31-32,36,43H,6-12,17-24H2,1-5H3,(H,37,45)/t31-,32-/m1/s1. The number of sulfonamides is 1. The summed E-state index contributed by atoms with van der Waals surface area (Å²) in [5.74, 6) is -0.215. The van der Waals surface area contributed by atoms with E-state index in [0.717, 1.165) is 67.6 Å². The average Bonchev–Trinajstić information content (AvgIpc) is 3.35. The van der Waals surface area contributed by atoms with E-state index in [2.05, 4.69) is 21.9 Å². The number of nitrogens with one attached hydrogen (secondary N) is 2. The maximum absolute atomic E-state index is 14.0. The fraction of sp³-hybridized carbons (Fsp3) is 0.686. The number of carbonyl (C=O) groups is 2. The monoisotopic (exact) mass is 685 g/mol. The molecule has 12 nitrogen and oxygen atoms in total. The molecule has 2 aliphatic heterocycles. The van der Waals surface area contributed by atoms with Gasteiger partial charge in [0.25, 0.3) is 0 Å². The lowest BCUT2D eigenvalue weighted by Gasteiger charge is -2.52. The molecule has 1 spiro atoms. The van der Waals surface area contributed by atoms with Crippen LogP contribution in [0.5, 0.6) is 0 Å². The van der Waals surface area contributed by atoms with E-state index < -0.39 is 27.7 Å². The fourth-order valence-corrected chi connectivity index (χ4v) is 8.69. The third kappa shape index (κ3) is 7.65. The average molecular weight is 686 g/mol. The lowest BCUT2D eigenvalue weighted by atomic mass is 9.78. The predicted molar refractivity (Wildman–Crippen MR) is 185 cm³/mol. The van der Waals surface area contributed by atoms with Crippen molar-refractivity contribution in [1.82, 2.24) is 34.5 Å². The summed E-state index contributed by atoms with van der Waals surface area (Å²) in [6, 6.07) is 5.89. The summed E-state index contributed by atoms with van der Waals surface area (Å²) in [5.41, 5.74) is 2.84. The molecule has 5 rings (SSSR count). The molecule has 2 atom stereocenters. The summed E-state index contributed by atoms with van der Waals surface area (Å²) in [4.78, 5) is 34.1. The number of rotatable bonds is 13. The Morgan fingerprint density at radius 2 is 1.75 bits per heavy atom. The van der Waals surface area contributed by atoms with Crippen molar-refractivity contribution >= 4 is 21.8 Å². The second-order valence-electron chi connectivity index (χ2n) is 14.2. The Labute approximate surface area is 286 Å². The van der Waals surface area contributed by atoms with E-state index in [4.69, 9.17) is 5.10 Å². The number of amides is 2. The molecule has 1 aromatic heterocycles. The van der Waals surface area contributed by atoms with Gasteiger partial charge in [-0.2, -0.15) is 5.10 Å². The van der Waals surface area contributed by atoms with E-state index in [-0.39, 0.29) is 22.6 Å². The Bertz CT molecular complexity index is 1530. The van der Waals surface area contributed by atoms with Crippen LogP contribution in [-0.2, 0) is 26.2 Å². The van der Waals surface area contributed by atoms with Crippen LogP contribution in [0.3, 0.4) is 0 Å². The lowest BCUT2D eigenvalue weighted by Crippen LogP contribution is -2.75. The van der Waals surface area contributed by atoms with Crippen LogP contribution in [0.15, 0.2) is 29.2 Å². The number of piperidine rings is 1. The first-order chi connectivity index (χ1) is 22.9. The molecule has 2 aromatic rings. The van der Waals surface area contributed by atoms with E-state index in [1.165, 1.54) is 0 Å². The van der Waals surface area contributed by atoms with Crippen LogP contribution in [-0.4, -0.2) is 114 Å². The first kappa shape index (κ1) is 36.4. The molecule has 266 valence electrons. The Balaban J connectivity index is 1.26. The van der Waals surface area contributed by atoms with Gasteiger partial charge in [0.05, 0.1) is 22.4 Å². The molecule has 3 fully saturated rings. The molecule has 2 amide bonds. The Morgan fingerprint density at radius 1 is 1.08 bits per heavy atom. The van der Waals surface area contributed by atoms with E-state index in [9.17, 15) is 23.1 Å². The van der Waals surface area contributed by atoms with Crippen LogP contribution in [0.4, 0.5) is 0 Å². The zero-order valence-corrected chi connectivity index (χ0v) is 30.2. The number of hydrogen-bond acceptors (Lipinski definition) is 8. The van der Waals surface area contributed by atoms with Crippen molar-refractivity contribution in [2.75, 3.05) is 46.8 Å². The number of unbranched alkanes of at least 4 members (excludes halogenated alkanes) is 1. The Morgan fingerprint density at radius 3 is 2.38 bits per heavy atom. The molecule has 0 bridgehead atoms. The van der Waals surface area contributed by atoms with Crippen LogP contribution in [0.2, 0.25) is 0 Å². The van der Waals surface area contributed by atoms with Crippen molar-refractivity contribution < 1.29 is 23.1 Å². The number of piperazine rings is 1. The number of carbonyl (C=O) groups excluding carboxylic acids is 2. The molecule has 3 heterocycles. The quantitative estimate of drug-likeness (QED) is 0.293. The van der Waals surface area contributed by atoms with Crippen LogP contribution in [0, 0.1) is 19.8 Å². The minimum atomic E-state index is -3.61. The van der Waals surface area contributed by atoms with Crippen LogP contribution in [0.25, 0.3) is 5.69 Å². The minimum absolute atomic E-state index is 0.0466. The summed E-state index contributed by atoms with van der Waals surface area (Å²) >= 11 is 0. The molecule has 1 saturated carbocycles. The number of aliphatic hydroxyl groups excluding tert-OH is 1. The van der Waals surface area contributed by atoms with Crippen LogP contribution < -0.4 is 10.0 Å². The fourth-order valence-electron chi connectivity index (χ4n) is 7.67. The molecule has 3 aliphatic rings. The van der Waals surface area contributed by atoms with Crippen molar-refractivity contribution in [3.05, 3.63) is 41.2 Å². The maximum Gasteiger partial charge on any atom is 0.248 e. The normalized spacial score (nSPS) is 21.6. The summed E-state index contributed by atoms with van der Waals surface area (Å²) in [6.07, 6.45) is 7.00. The van der Waals surface area contributed by atoms with Gasteiger partial charge in [0.1, 0.15) is 11.6 Å². The molecular formula is C35H55N7O5S. The number of nitrogens with zero attached hydrogens (tertiary/aromatic N) is 5. The highest BCUT2D eigenvalue weighted by atomic mass is 32.2. The highest BCUT2D eigenvalue weighted by Crippen LogP contribution is 2.37. The van der Waals surface area contributed by atoms with Crippen molar-refractivity contribution in [1.29, 1.82) is 0 Å². The van der Waals surface area contributed by atoms with Crippen LogP contribution >= 0.6 is 0 Å². The van der Waals surface area contributed by atoms with Gasteiger partial charge >= 0.3 is 0 Å². The van der Waals surface area contributed by atoms with Gasteiger partial charge in [-0.15, -0.1) is 0 Å². The van der Waals surface area contributed by atoms with E-state index in [1.54, 1.807) is 24.3 Å². The van der Waals surface area contributed by atoms with Gasteiger partial charge in [-0.05, 0) is 90.2 Å². The summed E-state index contributed by atoms with van der Waals surface area (Å²) in [7, 11) is 0.184. The number of aryl methyl sites for hydroxylation is 1. The maximum atomic E-state index is 14.0. The van der Waals surface area contributed by atoms with Gasteiger partial charge in [0, 0.05) is 50.5 Å². The zero-order chi connectivity index (χ0) is 34.6. The molecule has 0 unspecified atom stereocenters. The van der Waals surface area contributed by atoms with Gasteiger partial charge in [0.15, 0.2) is 0 Å². The van der Waals surface area contributed by atoms with Crippen molar-refractivity contribution in [3.8, 4) is 5.69 Å². The number of benzene rings is 1. The molecule has 1 aromatic carbocycles. The molecular weight excluding hydrogens is 630 g/mol. The molecule has 0 radical (unpaired) electrons. The second kappa shape index (κ2) is 15.4. The first-order valence-electron chi connectivity index (χ1n) is 17.7. The third-order valence-electron chi connectivity index (χ3n) is 10.7. The first-order valence-corrected chi connectivity index (χ1v) is 19.2. The third-order valence-corrected chi connectivity index (χ3v) is 12.2. The lowest BCUT2D eigenvalue weighted by molar-refractivity contribution is -0.166. The summed E-state index contributed by atoms with van der Waals surface area (Å²) < 4.78 is 29.9. The van der Waals surface area contributed by atoms with Gasteiger partial charge in [-0.25, -0.2) is 17.8 Å². The van der Waals surface area contributed by atoms with Gasteiger partial charge < -0.3 is 20.2 Å². The highest BCUT2D eigenvalue weighted by molar-refractivity contribution is 7.89. The molecule has 2 saturated heterocycles. The van der Waals surface area contributed by atoms with Crippen molar-refractivity contribution in [2.24, 2.45) is 5.92 Å².